The van der Waals surface area contributed by atoms with E-state index in [0.29, 0.717) is 5.02 Å². The summed E-state index contributed by atoms with van der Waals surface area (Å²) in [5.74, 6) is -0.260. The first-order valence-corrected chi connectivity index (χ1v) is 9.85. The highest BCUT2D eigenvalue weighted by molar-refractivity contribution is 6.30. The molecule has 4 nitrogen and oxygen atoms in total. The number of methoxy groups -OCH3 is 1. The van der Waals surface area contributed by atoms with Gasteiger partial charge in [-0.1, -0.05) is 48.9 Å². The molecule has 5 heteroatoms. The Morgan fingerprint density at radius 2 is 2.07 bits per heavy atom. The molecule has 0 unspecified atom stereocenters. The largest absolute Gasteiger partial charge is 0.469 e. The molecule has 1 aromatic carbocycles. The third-order valence-electron chi connectivity index (χ3n) is 4.50. The summed E-state index contributed by atoms with van der Waals surface area (Å²) in [5, 5.41) is 4.12. The molecule has 0 aliphatic rings. The molecule has 1 N–H and O–H groups in total. The van der Waals surface area contributed by atoms with Crippen molar-refractivity contribution in [2.24, 2.45) is 0 Å². The number of rotatable bonds is 8. The van der Waals surface area contributed by atoms with E-state index in [1.807, 2.05) is 56.3 Å². The molecular weight excluding hydrogens is 384 g/mol. The Balaban J connectivity index is 2.38. The normalized spacial score (nSPS) is 11.9. The van der Waals surface area contributed by atoms with Crippen LogP contribution >= 0.6 is 11.6 Å². The van der Waals surface area contributed by atoms with Crippen molar-refractivity contribution in [2.45, 2.75) is 33.6 Å². The summed E-state index contributed by atoms with van der Waals surface area (Å²) in [6, 6.07) is 9.69. The molecule has 0 bridgehead atoms. The molecule has 152 valence electrons. The fourth-order valence-electron chi connectivity index (χ4n) is 2.96. The topological polar surface area (TPSA) is 51.2 Å². The van der Waals surface area contributed by atoms with Crippen LogP contribution in [0.4, 0.5) is 5.69 Å². The van der Waals surface area contributed by atoms with Gasteiger partial charge in [-0.3, -0.25) is 9.78 Å². The number of halogens is 1. The van der Waals surface area contributed by atoms with Crippen molar-refractivity contribution < 1.29 is 9.53 Å². The summed E-state index contributed by atoms with van der Waals surface area (Å²) < 4.78 is 4.70. The SMILES string of the molecule is C=C/C(=C\C=C(/C)CC(=O)OC)Nc1cc(-c2cccc(Cl)c2)nc(C)c1CC. The van der Waals surface area contributed by atoms with Gasteiger partial charge < -0.3 is 10.1 Å². The summed E-state index contributed by atoms with van der Waals surface area (Å²) in [4.78, 5) is 16.2. The van der Waals surface area contributed by atoms with Crippen LogP contribution in [0.2, 0.25) is 5.02 Å². The van der Waals surface area contributed by atoms with Crippen LogP contribution in [0, 0.1) is 6.92 Å². The second-order valence-corrected chi connectivity index (χ2v) is 7.14. The van der Waals surface area contributed by atoms with Gasteiger partial charge in [0.05, 0.1) is 19.2 Å². The molecule has 0 atom stereocenters. The van der Waals surface area contributed by atoms with Crippen LogP contribution in [-0.2, 0) is 16.0 Å². The van der Waals surface area contributed by atoms with Crippen molar-refractivity contribution in [3.8, 4) is 11.3 Å². The molecule has 0 aliphatic heterocycles. The fourth-order valence-corrected chi connectivity index (χ4v) is 3.15. The molecule has 1 heterocycles. The van der Waals surface area contributed by atoms with E-state index in [0.717, 1.165) is 45.9 Å². The number of aryl methyl sites for hydroxylation is 1. The molecule has 2 aromatic rings. The molecule has 1 aromatic heterocycles. The van der Waals surface area contributed by atoms with Gasteiger partial charge in [-0.05, 0) is 56.2 Å². The van der Waals surface area contributed by atoms with Crippen LogP contribution in [0.1, 0.15) is 31.5 Å². The van der Waals surface area contributed by atoms with Crippen molar-refractivity contribution in [1.29, 1.82) is 0 Å². The molecule has 0 saturated carbocycles. The van der Waals surface area contributed by atoms with Gasteiger partial charge in [-0.15, -0.1) is 0 Å². The van der Waals surface area contributed by atoms with Crippen molar-refractivity contribution >= 4 is 23.3 Å². The lowest BCUT2D eigenvalue weighted by molar-refractivity contribution is -0.139. The first-order chi connectivity index (χ1) is 13.9. The Morgan fingerprint density at radius 1 is 1.31 bits per heavy atom. The minimum atomic E-state index is -0.260. The molecule has 0 spiro atoms. The Labute approximate surface area is 178 Å². The maximum atomic E-state index is 11.4. The number of allylic oxidation sites excluding steroid dienone is 3. The second-order valence-electron chi connectivity index (χ2n) is 6.70. The molecule has 0 amide bonds. The van der Waals surface area contributed by atoms with Crippen molar-refractivity contribution in [2.75, 3.05) is 12.4 Å². The lowest BCUT2D eigenvalue weighted by Crippen LogP contribution is -2.04. The number of nitrogens with one attached hydrogen (secondary N) is 1. The first-order valence-electron chi connectivity index (χ1n) is 9.48. The minimum Gasteiger partial charge on any atom is -0.469 e. The maximum absolute atomic E-state index is 11.4. The van der Waals surface area contributed by atoms with Gasteiger partial charge in [-0.25, -0.2) is 0 Å². The van der Waals surface area contributed by atoms with Crippen molar-refractivity contribution in [3.05, 3.63) is 82.7 Å². The van der Waals surface area contributed by atoms with Crippen LogP contribution < -0.4 is 5.32 Å². The van der Waals surface area contributed by atoms with E-state index in [1.54, 1.807) is 6.08 Å². The van der Waals surface area contributed by atoms with Crippen molar-refractivity contribution in [1.82, 2.24) is 4.98 Å². The Hall–Kier alpha value is -2.85. The number of pyridine rings is 1. The van der Waals surface area contributed by atoms with E-state index in [9.17, 15) is 4.79 Å². The van der Waals surface area contributed by atoms with Crippen LogP contribution in [-0.4, -0.2) is 18.1 Å². The first kappa shape index (κ1) is 22.4. The van der Waals surface area contributed by atoms with Gasteiger partial charge in [-0.2, -0.15) is 0 Å². The summed E-state index contributed by atoms with van der Waals surface area (Å²) in [6.07, 6.45) is 6.64. The Bertz CT molecular complexity index is 961. The van der Waals surface area contributed by atoms with Crippen molar-refractivity contribution in [3.63, 3.8) is 0 Å². The zero-order valence-corrected chi connectivity index (χ0v) is 18.1. The van der Waals surface area contributed by atoms with Gasteiger partial charge in [0.25, 0.3) is 0 Å². The second kappa shape index (κ2) is 10.6. The number of carbonyl (C=O) groups is 1. The molecule has 29 heavy (non-hydrogen) atoms. The summed E-state index contributed by atoms with van der Waals surface area (Å²) in [7, 11) is 1.39. The van der Waals surface area contributed by atoms with Crippen LogP contribution in [0.5, 0.6) is 0 Å². The number of nitrogens with zero attached hydrogens (tertiary/aromatic N) is 1. The Morgan fingerprint density at radius 3 is 2.69 bits per heavy atom. The average Bonchev–Trinajstić information content (AvgIpc) is 2.70. The molecule has 2 rings (SSSR count). The number of benzene rings is 1. The third kappa shape index (κ3) is 6.33. The lowest BCUT2D eigenvalue weighted by Gasteiger charge is -2.16. The number of carbonyl (C=O) groups excluding carboxylic acids is 1. The summed E-state index contributed by atoms with van der Waals surface area (Å²) in [6.45, 7) is 9.90. The van der Waals surface area contributed by atoms with Gasteiger partial charge in [0.1, 0.15) is 0 Å². The lowest BCUT2D eigenvalue weighted by atomic mass is 10.0. The van der Waals surface area contributed by atoms with Gasteiger partial charge in [0.15, 0.2) is 0 Å². The van der Waals surface area contributed by atoms with E-state index in [-0.39, 0.29) is 12.4 Å². The monoisotopic (exact) mass is 410 g/mol. The highest BCUT2D eigenvalue weighted by Gasteiger charge is 2.11. The highest BCUT2D eigenvalue weighted by Crippen LogP contribution is 2.29. The average molecular weight is 411 g/mol. The van der Waals surface area contributed by atoms with Gasteiger partial charge in [0, 0.05) is 27.7 Å². The highest BCUT2D eigenvalue weighted by atomic mass is 35.5. The number of ether oxygens (including phenoxy) is 1. The molecule has 0 aliphatic carbocycles. The maximum Gasteiger partial charge on any atom is 0.309 e. The fraction of sp³-hybridized carbons (Fsp3) is 0.250. The zero-order valence-electron chi connectivity index (χ0n) is 17.4. The molecule has 0 fully saturated rings. The number of anilines is 1. The summed E-state index contributed by atoms with van der Waals surface area (Å²) >= 11 is 6.15. The smallest absolute Gasteiger partial charge is 0.309 e. The number of hydrogen-bond acceptors (Lipinski definition) is 4. The van der Waals surface area contributed by atoms with E-state index in [2.05, 4.69) is 18.8 Å². The van der Waals surface area contributed by atoms with E-state index >= 15 is 0 Å². The predicted molar refractivity (Wildman–Crippen MR) is 121 cm³/mol. The van der Waals surface area contributed by atoms with Crippen LogP contribution in [0.3, 0.4) is 0 Å². The predicted octanol–water partition coefficient (Wildman–Crippen LogP) is 6.26. The van der Waals surface area contributed by atoms with Crippen LogP contribution in [0.15, 0.2) is 66.4 Å². The van der Waals surface area contributed by atoms with E-state index in [4.69, 9.17) is 21.3 Å². The number of esters is 1. The van der Waals surface area contributed by atoms with Gasteiger partial charge in [0.2, 0.25) is 0 Å². The van der Waals surface area contributed by atoms with Gasteiger partial charge >= 0.3 is 5.97 Å². The number of hydrogen-bond donors (Lipinski definition) is 1. The standard InChI is InChI=1S/C24H27ClN2O2/c1-6-20(12-11-16(3)13-24(28)29-5)27-23-15-22(26-17(4)21(23)7-2)18-9-8-10-19(25)14-18/h6,8-12,14-15H,1,7,13H2,2-5H3,(H,26,27)/b16-11+,20-12+. The van der Waals surface area contributed by atoms with E-state index < -0.39 is 0 Å². The minimum absolute atomic E-state index is 0.255. The molecule has 0 radical (unpaired) electrons. The molecular formula is C24H27ClN2O2. The van der Waals surface area contributed by atoms with Crippen LogP contribution in [0.25, 0.3) is 11.3 Å². The third-order valence-corrected chi connectivity index (χ3v) is 4.74. The van der Waals surface area contributed by atoms with E-state index in [1.165, 1.54) is 7.11 Å². The Kier molecular flexibility index (Phi) is 8.22. The quantitative estimate of drug-likeness (QED) is 0.412. The number of aromatic nitrogens is 1. The zero-order chi connectivity index (χ0) is 21.4. The summed E-state index contributed by atoms with van der Waals surface area (Å²) in [5.41, 5.74) is 6.62. The molecule has 0 saturated heterocycles.